The number of hydrogen-bond acceptors (Lipinski definition) is 4. The summed E-state index contributed by atoms with van der Waals surface area (Å²) >= 11 is 0. The summed E-state index contributed by atoms with van der Waals surface area (Å²) in [5.41, 5.74) is 2.20. The van der Waals surface area contributed by atoms with Gasteiger partial charge in [0.25, 0.3) is 0 Å². The van der Waals surface area contributed by atoms with E-state index in [1.54, 1.807) is 0 Å². The fourth-order valence-corrected chi connectivity index (χ4v) is 4.61. The molecular weight excluding hydrogens is 410 g/mol. The lowest BCUT2D eigenvalue weighted by molar-refractivity contribution is 0.0818. The van der Waals surface area contributed by atoms with Crippen LogP contribution in [0.4, 0.5) is 10.5 Å². The highest BCUT2D eigenvalue weighted by molar-refractivity contribution is 6.00. The van der Waals surface area contributed by atoms with E-state index in [4.69, 9.17) is 4.74 Å². The standard InChI is InChI=1S/C28H35N3O2/c1-23-22-30(19-20-31(23)18-16-24-10-3-2-4-11-24)17-7-8-21-33-28(32)29-27-15-9-13-25-12-5-6-14-26(25)27/h2-6,9-15,23H,7-8,16-22H2,1H3,(H,29,32). The van der Waals surface area contributed by atoms with Gasteiger partial charge in [-0.05, 0) is 49.7 Å². The highest BCUT2D eigenvalue weighted by Gasteiger charge is 2.22. The van der Waals surface area contributed by atoms with Crippen molar-refractivity contribution < 1.29 is 9.53 Å². The van der Waals surface area contributed by atoms with Gasteiger partial charge >= 0.3 is 6.09 Å². The Morgan fingerprint density at radius 3 is 2.58 bits per heavy atom. The van der Waals surface area contributed by atoms with Gasteiger partial charge in [-0.25, -0.2) is 4.79 Å². The van der Waals surface area contributed by atoms with Gasteiger partial charge in [-0.1, -0.05) is 66.7 Å². The predicted octanol–water partition coefficient (Wildman–Crippen LogP) is 5.42. The number of fused-ring (bicyclic) bond motifs is 1. The Bertz CT molecular complexity index is 1020. The largest absolute Gasteiger partial charge is 0.449 e. The number of amides is 1. The second-order valence-corrected chi connectivity index (χ2v) is 8.92. The molecule has 1 aliphatic rings. The van der Waals surface area contributed by atoms with Crippen LogP contribution in [0.25, 0.3) is 10.8 Å². The van der Waals surface area contributed by atoms with Crippen LogP contribution in [-0.4, -0.2) is 61.3 Å². The Morgan fingerprint density at radius 2 is 1.73 bits per heavy atom. The second kappa shape index (κ2) is 11.8. The molecule has 0 saturated carbocycles. The van der Waals surface area contributed by atoms with Crippen LogP contribution < -0.4 is 5.32 Å². The summed E-state index contributed by atoms with van der Waals surface area (Å²) in [5, 5.41) is 5.01. The summed E-state index contributed by atoms with van der Waals surface area (Å²) in [7, 11) is 0. The number of ether oxygens (including phenoxy) is 1. The molecule has 1 aliphatic heterocycles. The molecule has 0 bridgehead atoms. The first-order valence-corrected chi connectivity index (χ1v) is 12.1. The van der Waals surface area contributed by atoms with Crippen molar-refractivity contribution in [2.24, 2.45) is 0 Å². The van der Waals surface area contributed by atoms with Crippen molar-refractivity contribution in [3.63, 3.8) is 0 Å². The van der Waals surface area contributed by atoms with E-state index in [1.165, 1.54) is 5.56 Å². The second-order valence-electron chi connectivity index (χ2n) is 8.92. The molecule has 1 fully saturated rings. The Labute approximate surface area is 197 Å². The summed E-state index contributed by atoms with van der Waals surface area (Å²) in [5.74, 6) is 0. The van der Waals surface area contributed by atoms with Crippen molar-refractivity contribution in [1.82, 2.24) is 9.80 Å². The van der Waals surface area contributed by atoms with Crippen LogP contribution in [0.15, 0.2) is 72.8 Å². The molecule has 4 rings (SSSR count). The van der Waals surface area contributed by atoms with Gasteiger partial charge < -0.3 is 9.64 Å². The van der Waals surface area contributed by atoms with Crippen molar-refractivity contribution in [3.05, 3.63) is 78.4 Å². The third-order valence-corrected chi connectivity index (χ3v) is 6.51. The van der Waals surface area contributed by atoms with Crippen LogP contribution in [-0.2, 0) is 11.2 Å². The molecule has 1 amide bonds. The lowest BCUT2D eigenvalue weighted by atomic mass is 10.1. The summed E-state index contributed by atoms with van der Waals surface area (Å²) in [4.78, 5) is 17.4. The van der Waals surface area contributed by atoms with Crippen LogP contribution in [0.1, 0.15) is 25.3 Å². The molecule has 1 heterocycles. The number of nitrogens with zero attached hydrogens (tertiary/aromatic N) is 2. The molecule has 5 nitrogen and oxygen atoms in total. The van der Waals surface area contributed by atoms with Gasteiger partial charge in [0.2, 0.25) is 0 Å². The van der Waals surface area contributed by atoms with Crippen molar-refractivity contribution in [1.29, 1.82) is 0 Å². The molecule has 0 radical (unpaired) electrons. The first-order valence-electron chi connectivity index (χ1n) is 12.1. The highest BCUT2D eigenvalue weighted by Crippen LogP contribution is 2.23. The van der Waals surface area contributed by atoms with Gasteiger partial charge in [-0.3, -0.25) is 10.2 Å². The zero-order chi connectivity index (χ0) is 22.9. The summed E-state index contributed by atoms with van der Waals surface area (Å²) in [6.45, 7) is 8.31. The SMILES string of the molecule is CC1CN(CCCCOC(=O)Nc2cccc3ccccc23)CCN1CCc1ccccc1. The van der Waals surface area contributed by atoms with Crippen LogP contribution >= 0.6 is 0 Å². The number of hydrogen-bond donors (Lipinski definition) is 1. The lowest BCUT2D eigenvalue weighted by Gasteiger charge is -2.40. The predicted molar refractivity (Wildman–Crippen MR) is 136 cm³/mol. The molecular formula is C28H35N3O2. The summed E-state index contributed by atoms with van der Waals surface area (Å²) < 4.78 is 5.42. The maximum Gasteiger partial charge on any atom is 0.411 e. The first kappa shape index (κ1) is 23.3. The van der Waals surface area contributed by atoms with E-state index in [-0.39, 0.29) is 6.09 Å². The zero-order valence-electron chi connectivity index (χ0n) is 19.6. The van der Waals surface area contributed by atoms with E-state index in [1.807, 2.05) is 42.5 Å². The smallest absolute Gasteiger partial charge is 0.411 e. The molecule has 0 aromatic heterocycles. The van der Waals surface area contributed by atoms with Crippen molar-refractivity contribution in [2.75, 3.05) is 44.6 Å². The third kappa shape index (κ3) is 6.80. The molecule has 0 spiro atoms. The molecule has 174 valence electrons. The van der Waals surface area contributed by atoms with Crippen LogP contribution in [0.2, 0.25) is 0 Å². The van der Waals surface area contributed by atoms with E-state index in [9.17, 15) is 4.79 Å². The summed E-state index contributed by atoms with van der Waals surface area (Å²) in [6.07, 6.45) is 2.65. The molecule has 1 N–H and O–H groups in total. The fourth-order valence-electron chi connectivity index (χ4n) is 4.61. The molecule has 1 saturated heterocycles. The van der Waals surface area contributed by atoms with Crippen LogP contribution in [0.5, 0.6) is 0 Å². The van der Waals surface area contributed by atoms with Crippen molar-refractivity contribution in [2.45, 2.75) is 32.2 Å². The van der Waals surface area contributed by atoms with Gasteiger partial charge in [0, 0.05) is 37.6 Å². The fraction of sp³-hybridized carbons (Fsp3) is 0.393. The monoisotopic (exact) mass is 445 g/mol. The molecule has 0 aliphatic carbocycles. The van der Waals surface area contributed by atoms with E-state index >= 15 is 0 Å². The molecule has 3 aromatic rings. The van der Waals surface area contributed by atoms with Crippen molar-refractivity contribution >= 4 is 22.6 Å². The van der Waals surface area contributed by atoms with E-state index in [0.29, 0.717) is 12.6 Å². The zero-order valence-corrected chi connectivity index (χ0v) is 19.6. The van der Waals surface area contributed by atoms with Gasteiger partial charge in [-0.15, -0.1) is 0 Å². The number of piperazine rings is 1. The molecule has 33 heavy (non-hydrogen) atoms. The maximum atomic E-state index is 12.2. The first-order chi connectivity index (χ1) is 16.2. The van der Waals surface area contributed by atoms with Gasteiger partial charge in [0.1, 0.15) is 0 Å². The minimum absolute atomic E-state index is 0.382. The van der Waals surface area contributed by atoms with Gasteiger partial charge in [-0.2, -0.15) is 0 Å². The molecule has 1 atom stereocenters. The Hall–Kier alpha value is -2.89. The van der Waals surface area contributed by atoms with Crippen LogP contribution in [0.3, 0.4) is 0 Å². The normalized spacial score (nSPS) is 17.2. The number of unbranched alkanes of at least 4 members (excludes halogenated alkanes) is 1. The number of anilines is 1. The van der Waals surface area contributed by atoms with Crippen molar-refractivity contribution in [3.8, 4) is 0 Å². The summed E-state index contributed by atoms with van der Waals surface area (Å²) in [6, 6.07) is 25.2. The number of rotatable bonds is 9. The quantitative estimate of drug-likeness (QED) is 0.447. The molecule has 5 heteroatoms. The topological polar surface area (TPSA) is 44.8 Å². The van der Waals surface area contributed by atoms with Crippen LogP contribution in [0, 0.1) is 0 Å². The minimum Gasteiger partial charge on any atom is -0.449 e. The average Bonchev–Trinajstić information content (AvgIpc) is 2.84. The Kier molecular flexibility index (Phi) is 8.34. The lowest BCUT2D eigenvalue weighted by Crippen LogP contribution is -2.52. The minimum atomic E-state index is -0.382. The number of carbonyl (C=O) groups excluding carboxylic acids is 1. The Morgan fingerprint density at radius 1 is 0.939 bits per heavy atom. The Balaban J connectivity index is 1.11. The van der Waals surface area contributed by atoms with Gasteiger partial charge in [0.15, 0.2) is 0 Å². The van der Waals surface area contributed by atoms with E-state index in [0.717, 1.165) is 68.4 Å². The maximum absolute atomic E-state index is 12.2. The van der Waals surface area contributed by atoms with Gasteiger partial charge in [0.05, 0.1) is 12.3 Å². The average molecular weight is 446 g/mol. The number of nitrogens with one attached hydrogen (secondary N) is 1. The third-order valence-electron chi connectivity index (χ3n) is 6.51. The number of carbonyl (C=O) groups is 1. The molecule has 1 unspecified atom stereocenters. The van der Waals surface area contributed by atoms with E-state index < -0.39 is 0 Å². The van der Waals surface area contributed by atoms with E-state index in [2.05, 4.69) is 52.4 Å². The molecule has 3 aromatic carbocycles. The number of benzene rings is 3. The highest BCUT2D eigenvalue weighted by atomic mass is 16.5.